The third-order valence-corrected chi connectivity index (χ3v) is 4.54. The molecule has 0 radical (unpaired) electrons. The summed E-state index contributed by atoms with van der Waals surface area (Å²) in [4.78, 5) is 0. The largest absolute Gasteiger partial charge is 0.179 e. The molecule has 2 rings (SSSR count). The molecule has 0 aliphatic heterocycles. The third kappa shape index (κ3) is 2.23. The fraction of sp³-hybridized carbons (Fsp3) is 1.00. The molecule has 0 amide bonds. The topological polar surface area (TPSA) is 0 Å². The van der Waals surface area contributed by atoms with Crippen LogP contribution in [0.4, 0.5) is 0 Å². The number of fused-ring (bicyclic) bond motifs is 1. The van der Waals surface area contributed by atoms with E-state index in [2.05, 4.69) is 12.6 Å². The van der Waals surface area contributed by atoms with Crippen LogP contribution in [0.2, 0.25) is 0 Å². The lowest BCUT2D eigenvalue weighted by atomic mass is 9.72. The van der Waals surface area contributed by atoms with Gasteiger partial charge in [-0.25, -0.2) is 0 Å². The van der Waals surface area contributed by atoms with E-state index in [0.29, 0.717) is 0 Å². The smallest absolute Gasteiger partial charge is 0.00979 e. The van der Waals surface area contributed by atoms with Gasteiger partial charge in [-0.1, -0.05) is 19.3 Å². The van der Waals surface area contributed by atoms with Crippen molar-refractivity contribution in [2.75, 3.05) is 5.75 Å². The molecular formula is C12H22S. The molecule has 0 aromatic heterocycles. The van der Waals surface area contributed by atoms with Gasteiger partial charge in [0.1, 0.15) is 0 Å². The summed E-state index contributed by atoms with van der Waals surface area (Å²) < 4.78 is 0. The third-order valence-electron chi connectivity index (χ3n) is 4.22. The number of unbranched alkanes of at least 4 members (excludes halogenated alkanes) is 2. The molecule has 3 unspecified atom stereocenters. The Bertz CT molecular complexity index is 155. The van der Waals surface area contributed by atoms with Gasteiger partial charge in [0.15, 0.2) is 0 Å². The van der Waals surface area contributed by atoms with E-state index in [-0.39, 0.29) is 0 Å². The molecule has 0 bridgehead atoms. The molecule has 0 spiro atoms. The van der Waals surface area contributed by atoms with Crippen LogP contribution in [0.1, 0.15) is 51.4 Å². The van der Waals surface area contributed by atoms with Crippen LogP contribution in [0.15, 0.2) is 0 Å². The first-order valence-electron chi connectivity index (χ1n) is 6.02. The van der Waals surface area contributed by atoms with E-state index in [4.69, 9.17) is 0 Å². The van der Waals surface area contributed by atoms with Gasteiger partial charge in [0, 0.05) is 0 Å². The lowest BCUT2D eigenvalue weighted by Gasteiger charge is -2.34. The Labute approximate surface area is 87.9 Å². The van der Waals surface area contributed by atoms with Crippen molar-refractivity contribution < 1.29 is 0 Å². The normalized spacial score (nSPS) is 37.2. The summed E-state index contributed by atoms with van der Waals surface area (Å²) in [5, 5.41) is 0. The zero-order valence-electron chi connectivity index (χ0n) is 8.54. The Hall–Kier alpha value is 0.350. The van der Waals surface area contributed by atoms with Crippen LogP contribution in [-0.4, -0.2) is 5.75 Å². The van der Waals surface area contributed by atoms with Crippen LogP contribution < -0.4 is 0 Å². The lowest BCUT2D eigenvalue weighted by Crippen LogP contribution is -2.24. The molecule has 2 fully saturated rings. The van der Waals surface area contributed by atoms with Crippen molar-refractivity contribution in [1.82, 2.24) is 0 Å². The van der Waals surface area contributed by atoms with E-state index >= 15 is 0 Å². The van der Waals surface area contributed by atoms with Gasteiger partial charge in [0.05, 0.1) is 0 Å². The van der Waals surface area contributed by atoms with E-state index in [1.807, 2.05) is 0 Å². The minimum absolute atomic E-state index is 1.08. The molecule has 0 saturated heterocycles. The van der Waals surface area contributed by atoms with Gasteiger partial charge in [-0.3, -0.25) is 0 Å². The van der Waals surface area contributed by atoms with E-state index < -0.39 is 0 Å². The minimum atomic E-state index is 1.08. The Balaban J connectivity index is 1.59. The average molecular weight is 198 g/mol. The molecule has 13 heavy (non-hydrogen) atoms. The molecule has 2 saturated carbocycles. The van der Waals surface area contributed by atoms with Crippen molar-refractivity contribution in [1.29, 1.82) is 0 Å². The molecule has 0 heterocycles. The highest BCUT2D eigenvalue weighted by molar-refractivity contribution is 7.80. The van der Waals surface area contributed by atoms with Crippen LogP contribution in [0.5, 0.6) is 0 Å². The SMILES string of the molecule is SCCCCCC1CCC2CCC12. The molecule has 0 aromatic carbocycles. The molecule has 1 heteroatoms. The second-order valence-corrected chi connectivity index (χ2v) is 5.36. The molecular weight excluding hydrogens is 176 g/mol. The van der Waals surface area contributed by atoms with Gasteiger partial charge in [0.25, 0.3) is 0 Å². The summed E-state index contributed by atoms with van der Waals surface area (Å²) in [7, 11) is 0. The first kappa shape index (κ1) is 9.89. The highest BCUT2D eigenvalue weighted by Crippen LogP contribution is 2.51. The molecule has 0 N–H and O–H groups in total. The highest BCUT2D eigenvalue weighted by atomic mass is 32.1. The van der Waals surface area contributed by atoms with Crippen LogP contribution in [0.3, 0.4) is 0 Å². The Kier molecular flexibility index (Phi) is 3.59. The van der Waals surface area contributed by atoms with Crippen molar-refractivity contribution >= 4 is 12.6 Å². The maximum atomic E-state index is 4.25. The Morgan fingerprint density at radius 1 is 0.923 bits per heavy atom. The number of hydrogen-bond donors (Lipinski definition) is 1. The van der Waals surface area contributed by atoms with Crippen LogP contribution in [0, 0.1) is 17.8 Å². The summed E-state index contributed by atoms with van der Waals surface area (Å²) in [5.74, 6) is 4.53. The van der Waals surface area contributed by atoms with Crippen molar-refractivity contribution in [3.8, 4) is 0 Å². The number of hydrogen-bond acceptors (Lipinski definition) is 1. The fourth-order valence-corrected chi connectivity index (χ4v) is 3.49. The van der Waals surface area contributed by atoms with Crippen LogP contribution in [-0.2, 0) is 0 Å². The monoisotopic (exact) mass is 198 g/mol. The molecule has 2 aliphatic carbocycles. The molecule has 2 aliphatic rings. The van der Waals surface area contributed by atoms with Crippen LogP contribution in [0.25, 0.3) is 0 Å². The molecule has 76 valence electrons. The molecule has 0 aromatic rings. The van der Waals surface area contributed by atoms with Gasteiger partial charge in [-0.05, 0) is 55.6 Å². The van der Waals surface area contributed by atoms with Crippen LogP contribution >= 0.6 is 12.6 Å². The standard InChI is InChI=1S/C12H22S/c13-9-3-1-2-4-10-5-6-11-7-8-12(10)11/h10-13H,1-9H2. The number of thiol groups is 1. The van der Waals surface area contributed by atoms with E-state index in [1.54, 1.807) is 25.7 Å². The zero-order valence-corrected chi connectivity index (χ0v) is 9.44. The van der Waals surface area contributed by atoms with Gasteiger partial charge >= 0.3 is 0 Å². The van der Waals surface area contributed by atoms with Gasteiger partial charge in [-0.15, -0.1) is 0 Å². The van der Waals surface area contributed by atoms with Crippen molar-refractivity contribution in [3.63, 3.8) is 0 Å². The van der Waals surface area contributed by atoms with E-state index in [0.717, 1.165) is 23.5 Å². The maximum absolute atomic E-state index is 4.25. The highest BCUT2D eigenvalue weighted by Gasteiger charge is 2.41. The lowest BCUT2D eigenvalue weighted by molar-refractivity contribution is 0.164. The van der Waals surface area contributed by atoms with Gasteiger partial charge in [0.2, 0.25) is 0 Å². The second kappa shape index (κ2) is 4.72. The Morgan fingerprint density at radius 3 is 2.38 bits per heavy atom. The molecule has 3 atom stereocenters. The predicted molar refractivity (Wildman–Crippen MR) is 61.3 cm³/mol. The molecule has 0 nitrogen and oxygen atoms in total. The fourth-order valence-electron chi connectivity index (χ4n) is 3.27. The van der Waals surface area contributed by atoms with E-state index in [9.17, 15) is 0 Å². The first-order valence-corrected chi connectivity index (χ1v) is 6.66. The predicted octanol–water partition coefficient (Wildman–Crippen LogP) is 3.91. The van der Waals surface area contributed by atoms with E-state index in [1.165, 1.54) is 25.7 Å². The van der Waals surface area contributed by atoms with Crippen molar-refractivity contribution in [3.05, 3.63) is 0 Å². The van der Waals surface area contributed by atoms with Crippen molar-refractivity contribution in [2.45, 2.75) is 51.4 Å². The summed E-state index contributed by atoms with van der Waals surface area (Å²) in [5.41, 5.74) is 0. The second-order valence-electron chi connectivity index (χ2n) is 4.91. The first-order chi connectivity index (χ1) is 6.42. The average Bonchev–Trinajstić information content (AvgIpc) is 2.35. The number of rotatable bonds is 5. The quantitative estimate of drug-likeness (QED) is 0.502. The zero-order chi connectivity index (χ0) is 9.10. The summed E-state index contributed by atoms with van der Waals surface area (Å²) in [6.07, 6.45) is 11.9. The van der Waals surface area contributed by atoms with Gasteiger partial charge in [-0.2, -0.15) is 12.6 Å². The Morgan fingerprint density at radius 2 is 1.77 bits per heavy atom. The minimum Gasteiger partial charge on any atom is -0.179 e. The summed E-state index contributed by atoms with van der Waals surface area (Å²) in [6, 6.07) is 0. The maximum Gasteiger partial charge on any atom is -0.00979 e. The van der Waals surface area contributed by atoms with Crippen molar-refractivity contribution in [2.24, 2.45) is 17.8 Å². The summed E-state index contributed by atoms with van der Waals surface area (Å²) >= 11 is 4.25. The summed E-state index contributed by atoms with van der Waals surface area (Å²) in [6.45, 7) is 0. The van der Waals surface area contributed by atoms with Gasteiger partial charge < -0.3 is 0 Å².